The number of rotatable bonds is 0. The summed E-state index contributed by atoms with van der Waals surface area (Å²) in [5.74, 6) is -0.132. The number of hydrogen-bond donors (Lipinski definition) is 2. The number of halogens is 3. The highest BCUT2D eigenvalue weighted by atomic mass is 35.5. The molecule has 0 saturated heterocycles. The Balaban J connectivity index is 0.000000336. The molecule has 1 aromatic carbocycles. The van der Waals surface area contributed by atoms with Crippen LogP contribution in [-0.2, 0) is 10.1 Å². The molecule has 0 heterocycles. The molecule has 0 atom stereocenters. The van der Waals surface area contributed by atoms with Crippen molar-refractivity contribution in [1.29, 1.82) is 0 Å². The molecule has 2 N–H and O–H groups in total. The fourth-order valence-corrected chi connectivity index (χ4v) is 1.35. The van der Waals surface area contributed by atoms with Gasteiger partial charge in [-0.05, 0) is 12.1 Å². The largest absolute Gasteiger partial charge is 0.505 e. The van der Waals surface area contributed by atoms with Gasteiger partial charge in [0.25, 0.3) is 10.1 Å². The van der Waals surface area contributed by atoms with Gasteiger partial charge in [-0.2, -0.15) is 8.42 Å². The monoisotopic (exact) mass is 292 g/mol. The lowest BCUT2D eigenvalue weighted by molar-refractivity contribution is 0.476. The molecule has 0 amide bonds. The average molecular weight is 294 g/mol. The Morgan fingerprint density at radius 3 is 1.67 bits per heavy atom. The van der Waals surface area contributed by atoms with E-state index in [4.69, 9.17) is 44.5 Å². The molecule has 4 nitrogen and oxygen atoms in total. The Kier molecular flexibility index (Phi) is 5.69. The Morgan fingerprint density at radius 2 is 1.40 bits per heavy atom. The van der Waals surface area contributed by atoms with Crippen molar-refractivity contribution < 1.29 is 18.1 Å². The van der Waals surface area contributed by atoms with Crippen molar-refractivity contribution in [1.82, 2.24) is 0 Å². The SMILES string of the molecule is CS(=O)(=O)O.Oc1c(Cl)cc(Cl)cc1Cl. The van der Waals surface area contributed by atoms with E-state index in [-0.39, 0.29) is 15.8 Å². The van der Waals surface area contributed by atoms with Gasteiger partial charge in [0, 0.05) is 5.02 Å². The molecule has 0 fully saturated rings. The maximum Gasteiger partial charge on any atom is 0.261 e. The van der Waals surface area contributed by atoms with Gasteiger partial charge in [-0.25, -0.2) is 0 Å². The van der Waals surface area contributed by atoms with Crippen LogP contribution < -0.4 is 0 Å². The molecule has 0 saturated carbocycles. The predicted molar refractivity (Wildman–Crippen MR) is 60.6 cm³/mol. The van der Waals surface area contributed by atoms with E-state index in [2.05, 4.69) is 0 Å². The van der Waals surface area contributed by atoms with E-state index in [9.17, 15) is 8.42 Å². The summed E-state index contributed by atoms with van der Waals surface area (Å²) >= 11 is 16.5. The van der Waals surface area contributed by atoms with Crippen molar-refractivity contribution in [2.45, 2.75) is 0 Å². The highest BCUT2D eigenvalue weighted by molar-refractivity contribution is 7.85. The molecule has 0 aliphatic carbocycles. The molecule has 8 heteroatoms. The Hall–Kier alpha value is -0.200. The molecular formula is C7H7Cl3O4S. The Bertz CT molecular complexity index is 413. The number of aromatic hydroxyl groups is 1. The third kappa shape index (κ3) is 7.70. The summed E-state index contributed by atoms with van der Waals surface area (Å²) in [6.45, 7) is 0. The van der Waals surface area contributed by atoms with Gasteiger partial charge in [-0.1, -0.05) is 34.8 Å². The van der Waals surface area contributed by atoms with Crippen molar-refractivity contribution in [3.8, 4) is 5.75 Å². The first kappa shape index (κ1) is 14.8. The second-order valence-corrected chi connectivity index (χ2v) is 5.17. The van der Waals surface area contributed by atoms with Crippen LogP contribution in [-0.4, -0.2) is 24.3 Å². The smallest absolute Gasteiger partial charge is 0.261 e. The van der Waals surface area contributed by atoms with Crippen LogP contribution in [0.15, 0.2) is 12.1 Å². The van der Waals surface area contributed by atoms with Crippen LogP contribution in [0.2, 0.25) is 15.1 Å². The molecule has 1 rings (SSSR count). The summed E-state index contributed by atoms with van der Waals surface area (Å²) in [7, 11) is -3.67. The first-order valence-electron chi connectivity index (χ1n) is 3.37. The van der Waals surface area contributed by atoms with Crippen LogP contribution in [0.1, 0.15) is 0 Å². The van der Waals surface area contributed by atoms with Crippen molar-refractivity contribution in [3.63, 3.8) is 0 Å². The van der Waals surface area contributed by atoms with E-state index in [0.29, 0.717) is 11.3 Å². The van der Waals surface area contributed by atoms with E-state index in [1.807, 2.05) is 0 Å². The molecular weight excluding hydrogens is 286 g/mol. The van der Waals surface area contributed by atoms with E-state index in [1.165, 1.54) is 12.1 Å². The van der Waals surface area contributed by atoms with Crippen LogP contribution in [0.4, 0.5) is 0 Å². The van der Waals surface area contributed by atoms with E-state index in [1.54, 1.807) is 0 Å². The molecule has 15 heavy (non-hydrogen) atoms. The molecule has 0 aromatic heterocycles. The predicted octanol–water partition coefficient (Wildman–Crippen LogP) is 2.86. The van der Waals surface area contributed by atoms with Crippen molar-refractivity contribution in [2.75, 3.05) is 6.26 Å². The van der Waals surface area contributed by atoms with Gasteiger partial charge in [0.2, 0.25) is 0 Å². The Labute approximate surface area is 102 Å². The van der Waals surface area contributed by atoms with E-state index < -0.39 is 10.1 Å². The summed E-state index contributed by atoms with van der Waals surface area (Å²) in [6, 6.07) is 2.84. The molecule has 0 bridgehead atoms. The van der Waals surface area contributed by atoms with E-state index in [0.717, 1.165) is 0 Å². The molecule has 1 aromatic rings. The fourth-order valence-electron chi connectivity index (χ4n) is 0.535. The summed E-state index contributed by atoms with van der Waals surface area (Å²) in [6.07, 6.45) is 0.715. The van der Waals surface area contributed by atoms with Gasteiger partial charge >= 0.3 is 0 Å². The van der Waals surface area contributed by atoms with Crippen LogP contribution in [0, 0.1) is 0 Å². The quantitative estimate of drug-likeness (QED) is 0.721. The highest BCUT2D eigenvalue weighted by Gasteiger charge is 2.04. The third-order valence-electron chi connectivity index (χ3n) is 0.982. The number of benzene rings is 1. The molecule has 86 valence electrons. The summed E-state index contributed by atoms with van der Waals surface area (Å²) in [4.78, 5) is 0. The Morgan fingerprint density at radius 1 is 1.13 bits per heavy atom. The lowest BCUT2D eigenvalue weighted by Crippen LogP contribution is -1.88. The number of phenols is 1. The second-order valence-electron chi connectivity index (χ2n) is 2.45. The van der Waals surface area contributed by atoms with Gasteiger partial charge in [0.05, 0.1) is 16.3 Å². The van der Waals surface area contributed by atoms with Crippen LogP contribution in [0.3, 0.4) is 0 Å². The fraction of sp³-hybridized carbons (Fsp3) is 0.143. The number of phenolic OH excluding ortho intramolecular Hbond substituents is 1. The molecule has 0 unspecified atom stereocenters. The maximum atomic E-state index is 9.19. The average Bonchev–Trinajstić information content (AvgIpc) is 1.96. The summed E-state index contributed by atoms with van der Waals surface area (Å²) in [5.41, 5.74) is 0. The lowest BCUT2D eigenvalue weighted by atomic mass is 10.3. The van der Waals surface area contributed by atoms with Crippen LogP contribution in [0.5, 0.6) is 5.75 Å². The molecule has 0 spiro atoms. The molecule has 0 aliphatic heterocycles. The topological polar surface area (TPSA) is 74.6 Å². The van der Waals surface area contributed by atoms with Crippen molar-refractivity contribution in [2.24, 2.45) is 0 Å². The standard InChI is InChI=1S/C6H3Cl3O.CH4O3S/c7-3-1-4(8)6(10)5(9)2-3;1-5(2,3)4/h1-2,10H;1H3,(H,2,3,4). The van der Waals surface area contributed by atoms with Crippen LogP contribution in [0.25, 0.3) is 0 Å². The van der Waals surface area contributed by atoms with Gasteiger partial charge < -0.3 is 5.11 Å². The van der Waals surface area contributed by atoms with Gasteiger partial charge in [0.1, 0.15) is 0 Å². The minimum Gasteiger partial charge on any atom is -0.505 e. The minimum atomic E-state index is -3.67. The first-order valence-corrected chi connectivity index (χ1v) is 6.35. The zero-order chi connectivity index (χ0) is 12.2. The summed E-state index contributed by atoms with van der Waals surface area (Å²) < 4.78 is 25.9. The lowest BCUT2D eigenvalue weighted by Gasteiger charge is -1.98. The summed E-state index contributed by atoms with van der Waals surface area (Å²) in [5, 5.41) is 9.75. The van der Waals surface area contributed by atoms with Gasteiger partial charge in [-0.3, -0.25) is 4.55 Å². The van der Waals surface area contributed by atoms with Crippen molar-refractivity contribution >= 4 is 44.9 Å². The zero-order valence-electron chi connectivity index (χ0n) is 7.41. The number of hydrogen-bond acceptors (Lipinski definition) is 3. The highest BCUT2D eigenvalue weighted by Crippen LogP contribution is 2.34. The third-order valence-corrected chi connectivity index (χ3v) is 1.78. The molecule has 0 radical (unpaired) electrons. The maximum absolute atomic E-state index is 9.19. The zero-order valence-corrected chi connectivity index (χ0v) is 10.5. The van der Waals surface area contributed by atoms with E-state index >= 15 is 0 Å². The minimum absolute atomic E-state index is 0.132. The first-order chi connectivity index (χ1) is 6.61. The van der Waals surface area contributed by atoms with Gasteiger partial charge in [0.15, 0.2) is 5.75 Å². The molecule has 0 aliphatic rings. The second kappa shape index (κ2) is 5.77. The van der Waals surface area contributed by atoms with Gasteiger partial charge in [-0.15, -0.1) is 0 Å². The normalized spacial score (nSPS) is 10.5. The van der Waals surface area contributed by atoms with Crippen molar-refractivity contribution in [3.05, 3.63) is 27.2 Å². The van der Waals surface area contributed by atoms with Crippen LogP contribution >= 0.6 is 34.8 Å².